The minimum Gasteiger partial charge on any atom is -0.506 e. The number of carbonyl (C=O) groups excluding carboxylic acids is 2. The van der Waals surface area contributed by atoms with Gasteiger partial charge in [-0.05, 0) is 19.1 Å². The summed E-state index contributed by atoms with van der Waals surface area (Å²) >= 11 is 0. The molecular weight excluding hydrogens is 236 g/mol. The van der Waals surface area contributed by atoms with E-state index in [1.165, 1.54) is 14.0 Å². The summed E-state index contributed by atoms with van der Waals surface area (Å²) in [7, 11) is 1.50. The van der Waals surface area contributed by atoms with Crippen molar-refractivity contribution in [3.05, 3.63) is 29.3 Å². The van der Waals surface area contributed by atoms with Crippen LogP contribution in [0.25, 0.3) is 5.76 Å². The van der Waals surface area contributed by atoms with Crippen molar-refractivity contribution >= 4 is 17.3 Å². The van der Waals surface area contributed by atoms with Gasteiger partial charge in [-0.1, -0.05) is 0 Å². The Balaban J connectivity index is 2.62. The van der Waals surface area contributed by atoms with E-state index in [2.05, 4.69) is 0 Å². The van der Waals surface area contributed by atoms with Crippen LogP contribution in [0.5, 0.6) is 11.5 Å². The summed E-state index contributed by atoms with van der Waals surface area (Å²) < 4.78 is 10.3. The second-order valence-electron chi connectivity index (χ2n) is 3.85. The highest BCUT2D eigenvalue weighted by atomic mass is 16.5. The average molecular weight is 248 g/mol. The van der Waals surface area contributed by atoms with Crippen LogP contribution in [0, 0.1) is 0 Å². The molecule has 1 aromatic rings. The van der Waals surface area contributed by atoms with Crippen LogP contribution in [0.2, 0.25) is 0 Å². The van der Waals surface area contributed by atoms with Gasteiger partial charge in [-0.2, -0.15) is 0 Å². The number of Topliss-reactive ketones (excluding diaryl/α,β-unsaturated/α-hetero) is 2. The van der Waals surface area contributed by atoms with Crippen molar-refractivity contribution in [1.29, 1.82) is 0 Å². The zero-order valence-corrected chi connectivity index (χ0v) is 10.0. The van der Waals surface area contributed by atoms with Crippen molar-refractivity contribution in [2.24, 2.45) is 0 Å². The van der Waals surface area contributed by atoms with E-state index in [0.717, 1.165) is 0 Å². The number of rotatable bonds is 2. The van der Waals surface area contributed by atoms with Gasteiger partial charge < -0.3 is 14.6 Å². The Bertz CT molecular complexity index is 557. The van der Waals surface area contributed by atoms with Crippen LogP contribution in [0.15, 0.2) is 23.8 Å². The summed E-state index contributed by atoms with van der Waals surface area (Å²) in [5.41, 5.74) is 0.0887. The van der Waals surface area contributed by atoms with Gasteiger partial charge in [-0.3, -0.25) is 9.59 Å². The molecule has 2 rings (SSSR count). The molecule has 0 bridgehead atoms. The van der Waals surface area contributed by atoms with Gasteiger partial charge in [-0.15, -0.1) is 0 Å². The number of aliphatic hydroxyl groups is 1. The van der Waals surface area contributed by atoms with E-state index in [9.17, 15) is 14.7 Å². The van der Waals surface area contributed by atoms with Crippen molar-refractivity contribution in [2.45, 2.75) is 6.92 Å². The van der Waals surface area contributed by atoms with Gasteiger partial charge in [0.15, 0.2) is 12.4 Å². The van der Waals surface area contributed by atoms with E-state index in [1.807, 2.05) is 0 Å². The Kier molecular flexibility index (Phi) is 3.06. The first-order chi connectivity index (χ1) is 8.54. The number of ether oxygens (including phenoxy) is 2. The lowest BCUT2D eigenvalue weighted by Gasteiger charge is -2.08. The number of methoxy groups -OCH3 is 1. The molecule has 0 atom stereocenters. The first kappa shape index (κ1) is 12.2. The van der Waals surface area contributed by atoms with E-state index in [1.54, 1.807) is 18.2 Å². The highest BCUT2D eigenvalue weighted by Crippen LogP contribution is 2.33. The Morgan fingerprint density at radius 1 is 1.44 bits per heavy atom. The van der Waals surface area contributed by atoms with E-state index < -0.39 is 11.6 Å². The first-order valence-electron chi connectivity index (χ1n) is 5.33. The van der Waals surface area contributed by atoms with Crippen LogP contribution >= 0.6 is 0 Å². The van der Waals surface area contributed by atoms with Gasteiger partial charge in [0.1, 0.15) is 22.8 Å². The molecule has 0 radical (unpaired) electrons. The van der Waals surface area contributed by atoms with Gasteiger partial charge in [0.25, 0.3) is 0 Å². The Hall–Kier alpha value is -2.30. The van der Waals surface area contributed by atoms with E-state index >= 15 is 0 Å². The number of ketones is 2. The van der Waals surface area contributed by atoms with Crippen LogP contribution in [0.4, 0.5) is 0 Å². The van der Waals surface area contributed by atoms with E-state index in [-0.39, 0.29) is 17.9 Å². The molecule has 1 aliphatic heterocycles. The molecule has 0 saturated carbocycles. The average Bonchev–Trinajstić information content (AvgIpc) is 2.46. The first-order valence-corrected chi connectivity index (χ1v) is 5.33. The fourth-order valence-corrected chi connectivity index (χ4v) is 1.79. The fraction of sp³-hybridized carbons (Fsp3) is 0.231. The number of hydrogen-bond acceptors (Lipinski definition) is 5. The molecule has 5 nitrogen and oxygen atoms in total. The highest BCUT2D eigenvalue weighted by molar-refractivity contribution is 6.24. The van der Waals surface area contributed by atoms with Crippen molar-refractivity contribution < 1.29 is 24.2 Å². The molecule has 1 N–H and O–H groups in total. The molecule has 0 aliphatic carbocycles. The van der Waals surface area contributed by atoms with E-state index in [4.69, 9.17) is 9.47 Å². The van der Waals surface area contributed by atoms with Crippen LogP contribution in [0.1, 0.15) is 12.5 Å². The topological polar surface area (TPSA) is 72.8 Å². The molecule has 1 heterocycles. The number of aliphatic hydroxyl groups excluding tert-OH is 1. The number of hydrogen-bond donors (Lipinski definition) is 1. The molecule has 94 valence electrons. The maximum absolute atomic E-state index is 11.7. The Morgan fingerprint density at radius 3 is 2.78 bits per heavy atom. The summed E-state index contributed by atoms with van der Waals surface area (Å²) in [5, 5.41) is 10.0. The Labute approximate surface area is 104 Å². The number of fused-ring (bicyclic) bond motifs is 1. The minimum absolute atomic E-state index is 0.223. The van der Waals surface area contributed by atoms with Crippen molar-refractivity contribution in [3.63, 3.8) is 0 Å². The molecular formula is C13H12O5. The summed E-state index contributed by atoms with van der Waals surface area (Å²) in [4.78, 5) is 23.1. The highest BCUT2D eigenvalue weighted by Gasteiger charge is 2.27. The fourth-order valence-electron chi connectivity index (χ4n) is 1.79. The second kappa shape index (κ2) is 4.52. The third-order valence-electron chi connectivity index (χ3n) is 2.67. The molecule has 0 spiro atoms. The van der Waals surface area contributed by atoms with Gasteiger partial charge >= 0.3 is 0 Å². The van der Waals surface area contributed by atoms with Crippen molar-refractivity contribution in [2.75, 3.05) is 13.7 Å². The molecule has 0 fully saturated rings. The van der Waals surface area contributed by atoms with E-state index in [0.29, 0.717) is 17.1 Å². The van der Waals surface area contributed by atoms with Crippen LogP contribution in [0.3, 0.4) is 0 Å². The molecule has 0 unspecified atom stereocenters. The quantitative estimate of drug-likeness (QED) is 0.803. The summed E-state index contributed by atoms with van der Waals surface area (Å²) in [6.07, 6.45) is 0. The molecule has 0 saturated heterocycles. The largest absolute Gasteiger partial charge is 0.506 e. The third kappa shape index (κ3) is 1.95. The standard InChI is InChI=1S/C13H12O5/c1-7(14)12-10(15)6-18-11-5-8(17-2)3-4-9(11)13(12)16/h3-5,16H,6H2,1-2H3. The molecule has 0 amide bonds. The monoisotopic (exact) mass is 248 g/mol. The lowest BCUT2D eigenvalue weighted by atomic mass is 10.0. The smallest absolute Gasteiger partial charge is 0.207 e. The zero-order chi connectivity index (χ0) is 13.3. The Morgan fingerprint density at radius 2 is 2.17 bits per heavy atom. The predicted molar refractivity (Wildman–Crippen MR) is 63.7 cm³/mol. The summed E-state index contributed by atoms with van der Waals surface area (Å²) in [5.74, 6) is -0.501. The maximum atomic E-state index is 11.7. The van der Waals surface area contributed by atoms with Crippen molar-refractivity contribution in [1.82, 2.24) is 0 Å². The van der Waals surface area contributed by atoms with Crippen LogP contribution in [-0.4, -0.2) is 30.4 Å². The lowest BCUT2D eigenvalue weighted by molar-refractivity contribution is -0.121. The molecule has 18 heavy (non-hydrogen) atoms. The third-order valence-corrected chi connectivity index (χ3v) is 2.67. The van der Waals surface area contributed by atoms with Gasteiger partial charge in [0.05, 0.1) is 12.7 Å². The second-order valence-corrected chi connectivity index (χ2v) is 3.85. The van der Waals surface area contributed by atoms with Crippen LogP contribution in [-0.2, 0) is 9.59 Å². The molecule has 5 heteroatoms. The molecule has 1 aromatic carbocycles. The normalized spacial score (nSPS) is 14.7. The maximum Gasteiger partial charge on any atom is 0.207 e. The van der Waals surface area contributed by atoms with Gasteiger partial charge in [-0.25, -0.2) is 0 Å². The molecule has 0 aromatic heterocycles. The van der Waals surface area contributed by atoms with Gasteiger partial charge in [0, 0.05) is 6.07 Å². The predicted octanol–water partition coefficient (Wildman–Crippen LogP) is 1.51. The SMILES string of the molecule is COc1ccc2c(c1)OCC(=O)C(C(C)=O)=C2O. The van der Waals surface area contributed by atoms with Crippen molar-refractivity contribution in [3.8, 4) is 11.5 Å². The van der Waals surface area contributed by atoms with Gasteiger partial charge in [0.2, 0.25) is 5.78 Å². The van der Waals surface area contributed by atoms with Crippen LogP contribution < -0.4 is 9.47 Å². The number of carbonyl (C=O) groups is 2. The molecule has 1 aliphatic rings. The summed E-state index contributed by atoms with van der Waals surface area (Å²) in [6, 6.07) is 4.72. The number of benzene rings is 1. The lowest BCUT2D eigenvalue weighted by Crippen LogP contribution is -2.17. The zero-order valence-electron chi connectivity index (χ0n) is 10.0. The minimum atomic E-state index is -0.532. The summed E-state index contributed by atoms with van der Waals surface area (Å²) in [6.45, 7) is 0.955.